The first-order chi connectivity index (χ1) is 17.8. The van der Waals surface area contributed by atoms with E-state index < -0.39 is 5.97 Å². The van der Waals surface area contributed by atoms with Crippen molar-refractivity contribution in [3.8, 4) is 5.75 Å². The van der Waals surface area contributed by atoms with Gasteiger partial charge in [0.25, 0.3) is 11.8 Å². The molecule has 0 saturated carbocycles. The molecule has 1 heterocycles. The Hall–Kier alpha value is -3.65. The molecule has 2 amide bonds. The normalized spacial score (nSPS) is 14.4. The number of hydrogen-bond donors (Lipinski definition) is 2. The Balaban J connectivity index is 1.37. The fourth-order valence-corrected chi connectivity index (χ4v) is 5.77. The molecule has 2 N–H and O–H groups in total. The number of aryl methyl sites for hydroxylation is 1. The average molecular weight is 521 g/mol. The van der Waals surface area contributed by atoms with Crippen molar-refractivity contribution in [2.75, 3.05) is 23.8 Å². The molecule has 1 aliphatic carbocycles. The third kappa shape index (κ3) is 6.20. The van der Waals surface area contributed by atoms with Gasteiger partial charge in [0, 0.05) is 16.1 Å². The number of carbonyl (C=O) groups is 3. The topological polar surface area (TPSA) is 93.7 Å². The first-order valence-electron chi connectivity index (χ1n) is 12.5. The Morgan fingerprint density at radius 2 is 1.81 bits per heavy atom. The number of esters is 1. The summed E-state index contributed by atoms with van der Waals surface area (Å²) in [7, 11) is 0. The van der Waals surface area contributed by atoms with E-state index in [1.807, 2.05) is 32.0 Å². The highest BCUT2D eigenvalue weighted by Crippen LogP contribution is 2.40. The molecule has 0 aliphatic heterocycles. The molecule has 1 atom stereocenters. The minimum absolute atomic E-state index is 0.222. The number of amides is 2. The lowest BCUT2D eigenvalue weighted by molar-refractivity contribution is -0.118. The van der Waals surface area contributed by atoms with Crippen molar-refractivity contribution in [3.05, 3.63) is 75.2 Å². The van der Waals surface area contributed by atoms with Crippen LogP contribution in [-0.2, 0) is 22.4 Å². The van der Waals surface area contributed by atoms with Crippen LogP contribution in [-0.4, -0.2) is 31.0 Å². The number of benzene rings is 2. The van der Waals surface area contributed by atoms with E-state index in [1.54, 1.807) is 31.2 Å². The number of thiophene rings is 1. The van der Waals surface area contributed by atoms with Crippen LogP contribution in [0.4, 0.5) is 10.7 Å². The summed E-state index contributed by atoms with van der Waals surface area (Å²) in [5, 5.41) is 6.30. The van der Waals surface area contributed by atoms with E-state index in [0.717, 1.165) is 46.5 Å². The summed E-state index contributed by atoms with van der Waals surface area (Å²) in [6.45, 7) is 7.97. The molecule has 0 saturated heterocycles. The van der Waals surface area contributed by atoms with Gasteiger partial charge in [0.15, 0.2) is 6.61 Å². The average Bonchev–Trinajstić information content (AvgIpc) is 3.22. The number of nitrogens with one attached hydrogen (secondary N) is 2. The SMILES string of the molecule is CCOC(=O)c1c(NC(=O)COc2ccc(C(=O)Nc3cccc(C)c3C)cc2)sc2c1CCC(C)C2. The van der Waals surface area contributed by atoms with Gasteiger partial charge in [-0.25, -0.2) is 4.79 Å². The van der Waals surface area contributed by atoms with Gasteiger partial charge in [-0.05, 0) is 93.0 Å². The summed E-state index contributed by atoms with van der Waals surface area (Å²) in [4.78, 5) is 39.1. The van der Waals surface area contributed by atoms with Crippen LogP contribution >= 0.6 is 11.3 Å². The number of carbonyl (C=O) groups excluding carboxylic acids is 3. The lowest BCUT2D eigenvalue weighted by Crippen LogP contribution is -2.21. The number of rotatable bonds is 8. The van der Waals surface area contributed by atoms with Crippen LogP contribution in [0.5, 0.6) is 5.75 Å². The van der Waals surface area contributed by atoms with Crippen molar-refractivity contribution in [3.63, 3.8) is 0 Å². The molecule has 0 radical (unpaired) electrons. The Bertz CT molecular complexity index is 1310. The van der Waals surface area contributed by atoms with E-state index in [4.69, 9.17) is 9.47 Å². The highest BCUT2D eigenvalue weighted by atomic mass is 32.1. The molecule has 1 unspecified atom stereocenters. The highest BCUT2D eigenvalue weighted by Gasteiger charge is 2.29. The van der Waals surface area contributed by atoms with Crippen LogP contribution in [0.1, 0.15) is 62.6 Å². The molecule has 0 spiro atoms. The van der Waals surface area contributed by atoms with Gasteiger partial charge in [0.1, 0.15) is 10.8 Å². The van der Waals surface area contributed by atoms with Crippen LogP contribution in [0.25, 0.3) is 0 Å². The molecule has 0 fully saturated rings. The number of hydrogen-bond acceptors (Lipinski definition) is 6. The van der Waals surface area contributed by atoms with Crippen LogP contribution in [0.2, 0.25) is 0 Å². The fourth-order valence-electron chi connectivity index (χ4n) is 4.35. The standard InChI is InChI=1S/C29H32N2O5S/c1-5-35-29(34)26-22-14-9-17(2)15-24(22)37-28(26)31-25(32)16-36-21-12-10-20(11-13-21)27(33)30-23-8-6-7-18(3)19(23)4/h6-8,10-13,17H,5,9,14-16H2,1-4H3,(H,30,33)(H,31,32). The number of anilines is 2. The number of fused-ring (bicyclic) bond motifs is 1. The van der Waals surface area contributed by atoms with Gasteiger partial charge < -0.3 is 20.1 Å². The molecule has 37 heavy (non-hydrogen) atoms. The third-order valence-electron chi connectivity index (χ3n) is 6.58. The van der Waals surface area contributed by atoms with E-state index in [0.29, 0.717) is 27.8 Å². The van der Waals surface area contributed by atoms with Crippen molar-refractivity contribution in [2.24, 2.45) is 5.92 Å². The minimum atomic E-state index is -0.402. The van der Waals surface area contributed by atoms with E-state index in [-0.39, 0.29) is 25.0 Å². The van der Waals surface area contributed by atoms with Crippen LogP contribution < -0.4 is 15.4 Å². The maximum absolute atomic E-state index is 12.7. The highest BCUT2D eigenvalue weighted by molar-refractivity contribution is 7.17. The van der Waals surface area contributed by atoms with Crippen molar-refractivity contribution >= 4 is 39.8 Å². The summed E-state index contributed by atoms with van der Waals surface area (Å²) in [5.41, 5.74) is 4.85. The molecule has 4 rings (SSSR count). The Labute approximate surface area is 221 Å². The van der Waals surface area contributed by atoms with E-state index in [2.05, 4.69) is 17.6 Å². The molecule has 194 valence electrons. The zero-order valence-corrected chi connectivity index (χ0v) is 22.4. The fraction of sp³-hybridized carbons (Fsp3) is 0.345. The maximum atomic E-state index is 12.7. The summed E-state index contributed by atoms with van der Waals surface area (Å²) >= 11 is 1.44. The molecule has 1 aliphatic rings. The second-order valence-electron chi connectivity index (χ2n) is 9.34. The first kappa shape index (κ1) is 26.4. The van der Waals surface area contributed by atoms with Gasteiger partial charge in [0.2, 0.25) is 0 Å². The van der Waals surface area contributed by atoms with Gasteiger partial charge in [0.05, 0.1) is 12.2 Å². The summed E-state index contributed by atoms with van der Waals surface area (Å²) < 4.78 is 10.9. The first-order valence-corrected chi connectivity index (χ1v) is 13.3. The quantitative estimate of drug-likeness (QED) is 0.359. The molecule has 8 heteroatoms. The van der Waals surface area contributed by atoms with Crippen molar-refractivity contribution in [2.45, 2.75) is 47.0 Å². The van der Waals surface area contributed by atoms with Gasteiger partial charge in [-0.15, -0.1) is 11.3 Å². The number of ether oxygens (including phenoxy) is 2. The lowest BCUT2D eigenvalue weighted by Gasteiger charge is -2.18. The molecule has 0 bridgehead atoms. The van der Waals surface area contributed by atoms with Crippen LogP contribution in [0, 0.1) is 19.8 Å². The van der Waals surface area contributed by atoms with Crippen molar-refractivity contribution in [1.82, 2.24) is 0 Å². The van der Waals surface area contributed by atoms with Gasteiger partial charge in [-0.3, -0.25) is 9.59 Å². The van der Waals surface area contributed by atoms with Crippen LogP contribution in [0.3, 0.4) is 0 Å². The summed E-state index contributed by atoms with van der Waals surface area (Å²) in [6.07, 6.45) is 2.70. The summed E-state index contributed by atoms with van der Waals surface area (Å²) in [6, 6.07) is 12.4. The molecule has 1 aromatic heterocycles. The maximum Gasteiger partial charge on any atom is 0.341 e. The van der Waals surface area contributed by atoms with Gasteiger partial charge in [-0.2, -0.15) is 0 Å². The lowest BCUT2D eigenvalue weighted by atomic mass is 9.88. The van der Waals surface area contributed by atoms with Gasteiger partial charge in [-0.1, -0.05) is 19.1 Å². The molecule has 7 nitrogen and oxygen atoms in total. The zero-order valence-electron chi connectivity index (χ0n) is 21.6. The predicted molar refractivity (Wildman–Crippen MR) is 146 cm³/mol. The predicted octanol–water partition coefficient (Wildman–Crippen LogP) is 5.94. The third-order valence-corrected chi connectivity index (χ3v) is 7.75. The Kier molecular flexibility index (Phi) is 8.28. The van der Waals surface area contributed by atoms with Gasteiger partial charge >= 0.3 is 5.97 Å². The smallest absolute Gasteiger partial charge is 0.341 e. The minimum Gasteiger partial charge on any atom is -0.484 e. The van der Waals surface area contributed by atoms with Crippen molar-refractivity contribution in [1.29, 1.82) is 0 Å². The van der Waals surface area contributed by atoms with Crippen LogP contribution in [0.15, 0.2) is 42.5 Å². The second-order valence-corrected chi connectivity index (χ2v) is 10.4. The molecule has 2 aromatic carbocycles. The Morgan fingerprint density at radius 3 is 2.54 bits per heavy atom. The van der Waals surface area contributed by atoms with E-state index in [1.165, 1.54) is 11.3 Å². The molecular formula is C29H32N2O5S. The second kappa shape index (κ2) is 11.6. The Morgan fingerprint density at radius 1 is 1.05 bits per heavy atom. The largest absolute Gasteiger partial charge is 0.484 e. The molecular weight excluding hydrogens is 488 g/mol. The summed E-state index contributed by atoms with van der Waals surface area (Å²) in [5.74, 6) is 0.0113. The zero-order chi connectivity index (χ0) is 26.5. The molecule has 3 aromatic rings. The van der Waals surface area contributed by atoms with Crippen molar-refractivity contribution < 1.29 is 23.9 Å². The van der Waals surface area contributed by atoms with E-state index >= 15 is 0 Å². The monoisotopic (exact) mass is 520 g/mol. The van der Waals surface area contributed by atoms with E-state index in [9.17, 15) is 14.4 Å².